The molecule has 1 aromatic carbocycles. The second-order valence-electron chi connectivity index (χ2n) is 4.45. The van der Waals surface area contributed by atoms with E-state index in [0.717, 1.165) is 11.1 Å². The van der Waals surface area contributed by atoms with E-state index in [0.29, 0.717) is 12.1 Å². The molecule has 0 heterocycles. The first-order valence-corrected chi connectivity index (χ1v) is 6.01. The molecular formula is C14H21NO3. The Balaban J connectivity index is 3.00. The van der Waals surface area contributed by atoms with Gasteiger partial charge in [-0.3, -0.25) is 4.90 Å². The maximum atomic E-state index is 11.6. The van der Waals surface area contributed by atoms with Gasteiger partial charge in [-0.25, -0.2) is 4.79 Å². The summed E-state index contributed by atoms with van der Waals surface area (Å²) in [6.07, 6.45) is 0. The molecule has 0 aromatic heterocycles. The Bertz CT molecular complexity index is 418. The lowest BCUT2D eigenvalue weighted by molar-refractivity contribution is 0.0599. The lowest BCUT2D eigenvalue weighted by Gasteiger charge is -2.24. The second kappa shape index (κ2) is 6.52. The molecule has 18 heavy (non-hydrogen) atoms. The number of likely N-dealkylation sites (N-methyl/N-ethyl adjacent to an activating group) is 1. The maximum absolute atomic E-state index is 11.6. The van der Waals surface area contributed by atoms with Crippen LogP contribution in [0.3, 0.4) is 0 Å². The van der Waals surface area contributed by atoms with Gasteiger partial charge < -0.3 is 9.84 Å². The Kier molecular flexibility index (Phi) is 5.31. The highest BCUT2D eigenvalue weighted by molar-refractivity contribution is 5.91. The van der Waals surface area contributed by atoms with Crippen LogP contribution in [0.4, 0.5) is 0 Å². The van der Waals surface area contributed by atoms with Crippen LogP contribution in [0.15, 0.2) is 18.2 Å². The molecule has 0 aliphatic carbocycles. The Morgan fingerprint density at radius 2 is 2.17 bits per heavy atom. The SMILES string of the molecule is COC(=O)c1cc(C(C)N(C)CCO)ccc1C. The molecule has 0 fully saturated rings. The van der Waals surface area contributed by atoms with Crippen molar-refractivity contribution < 1.29 is 14.6 Å². The Morgan fingerprint density at radius 1 is 1.50 bits per heavy atom. The zero-order chi connectivity index (χ0) is 13.7. The predicted octanol–water partition coefficient (Wildman–Crippen LogP) is 1.77. The average molecular weight is 251 g/mol. The van der Waals surface area contributed by atoms with E-state index in [1.165, 1.54) is 7.11 Å². The molecule has 0 saturated carbocycles. The Morgan fingerprint density at radius 3 is 2.72 bits per heavy atom. The number of aryl methyl sites for hydroxylation is 1. The number of nitrogens with zero attached hydrogens (tertiary/aromatic N) is 1. The predicted molar refractivity (Wildman–Crippen MR) is 70.6 cm³/mol. The molecule has 0 saturated heterocycles. The third-order valence-electron chi connectivity index (χ3n) is 3.26. The fourth-order valence-electron chi connectivity index (χ4n) is 1.84. The smallest absolute Gasteiger partial charge is 0.338 e. The molecule has 1 unspecified atom stereocenters. The standard InChI is InChI=1S/C14H21NO3/c1-10-5-6-12(9-13(10)14(17)18-4)11(2)15(3)7-8-16/h5-6,9,11,16H,7-8H2,1-4H3. The van der Waals surface area contributed by atoms with Crippen LogP contribution in [0.25, 0.3) is 0 Å². The summed E-state index contributed by atoms with van der Waals surface area (Å²) in [6, 6.07) is 5.92. The number of carbonyl (C=O) groups excluding carboxylic acids is 1. The fraction of sp³-hybridized carbons (Fsp3) is 0.500. The largest absolute Gasteiger partial charge is 0.465 e. The van der Waals surface area contributed by atoms with Crippen molar-refractivity contribution >= 4 is 5.97 Å². The van der Waals surface area contributed by atoms with E-state index >= 15 is 0 Å². The highest BCUT2D eigenvalue weighted by atomic mass is 16.5. The zero-order valence-corrected chi connectivity index (χ0v) is 11.4. The first-order valence-electron chi connectivity index (χ1n) is 6.01. The van der Waals surface area contributed by atoms with Crippen molar-refractivity contribution in [2.24, 2.45) is 0 Å². The summed E-state index contributed by atoms with van der Waals surface area (Å²) >= 11 is 0. The fourth-order valence-corrected chi connectivity index (χ4v) is 1.84. The molecule has 1 atom stereocenters. The van der Waals surface area contributed by atoms with Crippen LogP contribution in [0.1, 0.15) is 34.5 Å². The molecule has 0 spiro atoms. The summed E-state index contributed by atoms with van der Waals surface area (Å²) < 4.78 is 4.77. The molecule has 4 nitrogen and oxygen atoms in total. The highest BCUT2D eigenvalue weighted by Crippen LogP contribution is 2.21. The molecule has 1 rings (SSSR count). The van der Waals surface area contributed by atoms with Gasteiger partial charge in [0.25, 0.3) is 0 Å². The number of hydrogen-bond acceptors (Lipinski definition) is 4. The van der Waals surface area contributed by atoms with Crippen molar-refractivity contribution in [3.8, 4) is 0 Å². The van der Waals surface area contributed by atoms with Crippen molar-refractivity contribution in [3.63, 3.8) is 0 Å². The minimum atomic E-state index is -0.314. The summed E-state index contributed by atoms with van der Waals surface area (Å²) in [5.41, 5.74) is 2.54. The van der Waals surface area contributed by atoms with Crippen LogP contribution in [-0.2, 0) is 4.74 Å². The Hall–Kier alpha value is -1.39. The molecule has 0 aliphatic heterocycles. The number of benzene rings is 1. The van der Waals surface area contributed by atoms with Gasteiger partial charge in [0.05, 0.1) is 19.3 Å². The number of aliphatic hydroxyl groups is 1. The number of hydrogen-bond donors (Lipinski definition) is 1. The number of carbonyl (C=O) groups is 1. The summed E-state index contributed by atoms with van der Waals surface area (Å²) in [5.74, 6) is -0.314. The van der Waals surface area contributed by atoms with Gasteiger partial charge in [-0.15, -0.1) is 0 Å². The molecule has 0 aliphatic rings. The van der Waals surface area contributed by atoms with Crippen LogP contribution < -0.4 is 0 Å². The van der Waals surface area contributed by atoms with Gasteiger partial charge in [-0.05, 0) is 38.1 Å². The Labute approximate surface area is 108 Å². The van der Waals surface area contributed by atoms with Gasteiger partial charge >= 0.3 is 5.97 Å². The van der Waals surface area contributed by atoms with Crippen LogP contribution in [-0.4, -0.2) is 43.3 Å². The van der Waals surface area contributed by atoms with Gasteiger partial charge in [0.2, 0.25) is 0 Å². The maximum Gasteiger partial charge on any atom is 0.338 e. The summed E-state index contributed by atoms with van der Waals surface area (Å²) in [6.45, 7) is 4.65. The lowest BCUT2D eigenvalue weighted by Crippen LogP contribution is -2.25. The van der Waals surface area contributed by atoms with E-state index in [-0.39, 0.29) is 18.6 Å². The molecule has 1 aromatic rings. The van der Waals surface area contributed by atoms with Gasteiger partial charge in [0.15, 0.2) is 0 Å². The molecule has 0 amide bonds. The first kappa shape index (κ1) is 14.7. The summed E-state index contributed by atoms with van der Waals surface area (Å²) in [7, 11) is 3.33. The molecule has 100 valence electrons. The number of ether oxygens (including phenoxy) is 1. The number of rotatable bonds is 5. The zero-order valence-electron chi connectivity index (χ0n) is 11.4. The van der Waals surface area contributed by atoms with E-state index in [1.54, 1.807) is 0 Å². The van der Waals surface area contributed by atoms with Crippen molar-refractivity contribution in [3.05, 3.63) is 34.9 Å². The topological polar surface area (TPSA) is 49.8 Å². The quantitative estimate of drug-likeness (QED) is 0.810. The van der Waals surface area contributed by atoms with Crippen LogP contribution >= 0.6 is 0 Å². The van der Waals surface area contributed by atoms with Gasteiger partial charge in [0.1, 0.15) is 0 Å². The van der Waals surface area contributed by atoms with Gasteiger partial charge in [-0.1, -0.05) is 12.1 Å². The van der Waals surface area contributed by atoms with Crippen molar-refractivity contribution in [1.82, 2.24) is 4.90 Å². The monoisotopic (exact) mass is 251 g/mol. The first-order chi connectivity index (χ1) is 8.51. The lowest BCUT2D eigenvalue weighted by atomic mass is 10.0. The number of methoxy groups -OCH3 is 1. The highest BCUT2D eigenvalue weighted by Gasteiger charge is 2.15. The van der Waals surface area contributed by atoms with E-state index in [2.05, 4.69) is 0 Å². The number of aliphatic hydroxyl groups excluding tert-OH is 1. The van der Waals surface area contributed by atoms with E-state index in [9.17, 15) is 4.79 Å². The van der Waals surface area contributed by atoms with E-state index in [4.69, 9.17) is 9.84 Å². The van der Waals surface area contributed by atoms with Crippen molar-refractivity contribution in [2.45, 2.75) is 19.9 Å². The third kappa shape index (κ3) is 3.31. The molecule has 0 bridgehead atoms. The minimum Gasteiger partial charge on any atom is -0.465 e. The number of esters is 1. The van der Waals surface area contributed by atoms with Crippen molar-refractivity contribution in [1.29, 1.82) is 0 Å². The normalized spacial score (nSPS) is 12.6. The average Bonchev–Trinajstić information content (AvgIpc) is 2.38. The van der Waals surface area contributed by atoms with Crippen molar-refractivity contribution in [2.75, 3.05) is 27.3 Å². The second-order valence-corrected chi connectivity index (χ2v) is 4.45. The molecule has 1 N–H and O–H groups in total. The molecular weight excluding hydrogens is 230 g/mol. The van der Waals surface area contributed by atoms with E-state index < -0.39 is 0 Å². The molecule has 0 radical (unpaired) electrons. The van der Waals surface area contributed by atoms with Crippen LogP contribution in [0.2, 0.25) is 0 Å². The van der Waals surface area contributed by atoms with Crippen LogP contribution in [0.5, 0.6) is 0 Å². The molecule has 4 heteroatoms. The summed E-state index contributed by atoms with van der Waals surface area (Å²) in [5, 5.41) is 8.94. The minimum absolute atomic E-state index is 0.122. The third-order valence-corrected chi connectivity index (χ3v) is 3.26. The van der Waals surface area contributed by atoms with Gasteiger partial charge in [0, 0.05) is 12.6 Å². The van der Waals surface area contributed by atoms with E-state index in [1.807, 2.05) is 44.0 Å². The van der Waals surface area contributed by atoms with Gasteiger partial charge in [-0.2, -0.15) is 0 Å². The van der Waals surface area contributed by atoms with Crippen LogP contribution in [0, 0.1) is 6.92 Å². The summed E-state index contributed by atoms with van der Waals surface area (Å²) in [4.78, 5) is 13.7.